The second-order valence-electron chi connectivity index (χ2n) is 4.22. The number of aliphatic carboxylic acids is 1. The van der Waals surface area contributed by atoms with Crippen molar-refractivity contribution in [2.24, 2.45) is 5.92 Å². The van der Waals surface area contributed by atoms with Gasteiger partial charge in [-0.25, -0.2) is 4.79 Å². The van der Waals surface area contributed by atoms with Crippen LogP contribution in [0.1, 0.15) is 13.8 Å². The van der Waals surface area contributed by atoms with Crippen molar-refractivity contribution in [1.29, 1.82) is 0 Å². The van der Waals surface area contributed by atoms with Crippen molar-refractivity contribution >= 4 is 40.3 Å². The number of hydrogen-bond donors (Lipinski definition) is 2. The lowest BCUT2D eigenvalue weighted by Crippen LogP contribution is -2.39. The molecule has 1 unspecified atom stereocenters. The lowest BCUT2D eigenvalue weighted by Gasteiger charge is -2.23. The minimum absolute atomic E-state index is 0.196. The molecule has 0 bridgehead atoms. The molecule has 0 aliphatic carbocycles. The first kappa shape index (κ1) is 15.7. The van der Waals surface area contributed by atoms with Crippen LogP contribution in [0.3, 0.4) is 0 Å². The topological polar surface area (TPSA) is 69.6 Å². The third kappa shape index (κ3) is 5.06. The fraction of sp³-hybridized carbons (Fsp3) is 0.385. The van der Waals surface area contributed by atoms with Crippen LogP contribution in [0.25, 0.3) is 0 Å². The van der Waals surface area contributed by atoms with Crippen molar-refractivity contribution in [2.75, 3.05) is 18.4 Å². The largest absolute Gasteiger partial charge is 0.481 e. The Balaban J connectivity index is 2.66. The van der Waals surface area contributed by atoms with E-state index in [1.54, 1.807) is 13.0 Å². The van der Waals surface area contributed by atoms with Gasteiger partial charge in [0.2, 0.25) is 0 Å². The van der Waals surface area contributed by atoms with E-state index in [9.17, 15) is 9.59 Å². The van der Waals surface area contributed by atoms with Gasteiger partial charge in [-0.15, -0.1) is 0 Å². The number of carboxylic acids is 1. The molecule has 1 atom stereocenters. The molecule has 0 aliphatic rings. The van der Waals surface area contributed by atoms with Crippen molar-refractivity contribution in [2.45, 2.75) is 13.8 Å². The maximum Gasteiger partial charge on any atom is 0.321 e. The summed E-state index contributed by atoms with van der Waals surface area (Å²) in [5, 5.41) is 11.6. The van der Waals surface area contributed by atoms with Gasteiger partial charge in [0.05, 0.1) is 5.92 Å². The normalized spacial score (nSPS) is 11.7. The number of benzene rings is 1. The number of anilines is 1. The number of nitrogens with one attached hydrogen (secondary N) is 1. The lowest BCUT2D eigenvalue weighted by atomic mass is 10.2. The van der Waals surface area contributed by atoms with E-state index in [0.29, 0.717) is 12.2 Å². The molecule has 0 radical (unpaired) electrons. The van der Waals surface area contributed by atoms with Crippen LogP contribution in [0.4, 0.5) is 10.5 Å². The number of urea groups is 1. The summed E-state index contributed by atoms with van der Waals surface area (Å²) < 4.78 is 1.03. The van der Waals surface area contributed by atoms with Gasteiger partial charge in [-0.1, -0.05) is 13.0 Å². The summed E-state index contributed by atoms with van der Waals surface area (Å²) in [6.45, 7) is 4.07. The second kappa shape index (κ2) is 7.32. The molecule has 1 rings (SSSR count). The monoisotopic (exact) mass is 376 g/mol. The Morgan fingerprint density at radius 3 is 2.68 bits per heavy atom. The Bertz CT molecular complexity index is 465. The van der Waals surface area contributed by atoms with Crippen LogP contribution in [0.15, 0.2) is 24.3 Å². The first-order chi connectivity index (χ1) is 8.93. The summed E-state index contributed by atoms with van der Waals surface area (Å²) in [6, 6.07) is 7.16. The van der Waals surface area contributed by atoms with Crippen LogP contribution in [0.5, 0.6) is 0 Å². The molecule has 6 heteroatoms. The molecule has 5 nitrogen and oxygen atoms in total. The van der Waals surface area contributed by atoms with Crippen molar-refractivity contribution < 1.29 is 14.7 Å². The highest BCUT2D eigenvalue weighted by atomic mass is 127. The zero-order valence-electron chi connectivity index (χ0n) is 10.9. The summed E-state index contributed by atoms with van der Waals surface area (Å²) in [7, 11) is 0. The molecule has 0 saturated carbocycles. The molecular weight excluding hydrogens is 359 g/mol. The Morgan fingerprint density at radius 2 is 2.16 bits per heavy atom. The molecule has 0 saturated heterocycles. The molecule has 0 spiro atoms. The second-order valence-corrected chi connectivity index (χ2v) is 5.46. The number of carbonyl (C=O) groups excluding carboxylic acids is 1. The van der Waals surface area contributed by atoms with Crippen LogP contribution in [-0.2, 0) is 4.79 Å². The van der Waals surface area contributed by atoms with Crippen molar-refractivity contribution in [3.8, 4) is 0 Å². The molecule has 1 aromatic carbocycles. The van der Waals surface area contributed by atoms with Gasteiger partial charge >= 0.3 is 12.0 Å². The van der Waals surface area contributed by atoms with E-state index >= 15 is 0 Å². The highest BCUT2D eigenvalue weighted by Gasteiger charge is 2.19. The molecular formula is C13H17IN2O3. The van der Waals surface area contributed by atoms with Crippen molar-refractivity contribution in [3.05, 3.63) is 27.8 Å². The molecule has 0 heterocycles. The predicted octanol–water partition coefficient (Wildman–Crippen LogP) is 2.87. The Hall–Kier alpha value is -1.31. The third-order valence-electron chi connectivity index (χ3n) is 2.66. The van der Waals surface area contributed by atoms with Gasteiger partial charge in [0.25, 0.3) is 0 Å². The third-order valence-corrected chi connectivity index (χ3v) is 3.33. The van der Waals surface area contributed by atoms with E-state index in [2.05, 4.69) is 27.9 Å². The average molecular weight is 376 g/mol. The Labute approximate surface area is 126 Å². The highest BCUT2D eigenvalue weighted by molar-refractivity contribution is 14.1. The minimum atomic E-state index is -0.902. The zero-order valence-corrected chi connectivity index (χ0v) is 13.0. The number of nitrogens with zero attached hydrogens (tertiary/aromatic N) is 1. The van der Waals surface area contributed by atoms with Crippen molar-refractivity contribution in [1.82, 2.24) is 4.90 Å². The van der Waals surface area contributed by atoms with E-state index in [1.807, 2.05) is 25.1 Å². The summed E-state index contributed by atoms with van der Waals surface area (Å²) in [5.41, 5.74) is 0.707. The molecule has 0 aromatic heterocycles. The maximum atomic E-state index is 12.0. The van der Waals surface area contributed by atoms with Crippen LogP contribution in [-0.4, -0.2) is 35.1 Å². The van der Waals surface area contributed by atoms with Gasteiger partial charge in [0.1, 0.15) is 0 Å². The van der Waals surface area contributed by atoms with E-state index < -0.39 is 11.9 Å². The first-order valence-corrected chi connectivity index (χ1v) is 7.06. The van der Waals surface area contributed by atoms with Gasteiger partial charge < -0.3 is 15.3 Å². The number of halogens is 1. The highest BCUT2D eigenvalue weighted by Crippen LogP contribution is 2.13. The van der Waals surface area contributed by atoms with E-state index in [-0.39, 0.29) is 12.6 Å². The SMILES string of the molecule is CCN(CC(C)C(=O)O)C(=O)Nc1cccc(I)c1. The van der Waals surface area contributed by atoms with Gasteiger partial charge in [-0.05, 0) is 47.7 Å². The quantitative estimate of drug-likeness (QED) is 0.777. The van der Waals surface area contributed by atoms with Crippen LogP contribution < -0.4 is 5.32 Å². The number of hydrogen-bond acceptors (Lipinski definition) is 2. The first-order valence-electron chi connectivity index (χ1n) is 5.98. The Kier molecular flexibility index (Phi) is 6.07. The summed E-state index contributed by atoms with van der Waals surface area (Å²) in [5.74, 6) is -1.48. The van der Waals surface area contributed by atoms with E-state index in [0.717, 1.165) is 3.57 Å². The fourth-order valence-corrected chi connectivity index (χ4v) is 2.08. The molecule has 2 amide bonds. The summed E-state index contributed by atoms with van der Waals surface area (Å²) in [6.07, 6.45) is 0. The van der Waals surface area contributed by atoms with Crippen molar-refractivity contribution in [3.63, 3.8) is 0 Å². The zero-order chi connectivity index (χ0) is 14.4. The van der Waals surface area contributed by atoms with Gasteiger partial charge in [-0.3, -0.25) is 4.79 Å². The smallest absolute Gasteiger partial charge is 0.321 e. The van der Waals surface area contributed by atoms with Crippen LogP contribution in [0.2, 0.25) is 0 Å². The fourth-order valence-electron chi connectivity index (χ4n) is 1.53. The number of amides is 2. The van der Waals surface area contributed by atoms with E-state index in [1.165, 1.54) is 4.90 Å². The molecule has 104 valence electrons. The molecule has 19 heavy (non-hydrogen) atoms. The summed E-state index contributed by atoms with van der Waals surface area (Å²) >= 11 is 2.16. The molecule has 0 fully saturated rings. The number of rotatable bonds is 5. The lowest BCUT2D eigenvalue weighted by molar-refractivity contribution is -0.141. The predicted molar refractivity (Wildman–Crippen MR) is 82.2 cm³/mol. The van der Waals surface area contributed by atoms with Gasteiger partial charge in [-0.2, -0.15) is 0 Å². The standard InChI is InChI=1S/C13H17IN2O3/c1-3-16(8-9(2)12(17)18)13(19)15-11-6-4-5-10(14)7-11/h4-7,9H,3,8H2,1-2H3,(H,15,19)(H,17,18). The maximum absolute atomic E-state index is 12.0. The van der Waals surface area contributed by atoms with Gasteiger partial charge in [0, 0.05) is 22.3 Å². The minimum Gasteiger partial charge on any atom is -0.481 e. The van der Waals surface area contributed by atoms with Crippen LogP contribution >= 0.6 is 22.6 Å². The molecule has 1 aromatic rings. The number of carboxylic acid groups (broad SMARTS) is 1. The molecule has 2 N–H and O–H groups in total. The Morgan fingerprint density at radius 1 is 1.47 bits per heavy atom. The van der Waals surface area contributed by atoms with E-state index in [4.69, 9.17) is 5.11 Å². The van der Waals surface area contributed by atoms with Gasteiger partial charge in [0.15, 0.2) is 0 Å². The summed E-state index contributed by atoms with van der Waals surface area (Å²) in [4.78, 5) is 24.3. The molecule has 0 aliphatic heterocycles. The number of carbonyl (C=O) groups is 2. The average Bonchev–Trinajstić information content (AvgIpc) is 2.35. The van der Waals surface area contributed by atoms with Crippen LogP contribution in [0, 0.1) is 9.49 Å².